The summed E-state index contributed by atoms with van der Waals surface area (Å²) < 4.78 is 37.1. The number of aliphatic hydroxyl groups is 1. The van der Waals surface area contributed by atoms with E-state index >= 15 is 0 Å². The van der Waals surface area contributed by atoms with Crippen LogP contribution in [0.4, 0.5) is 0 Å². The minimum atomic E-state index is -3.75. The molecule has 1 aliphatic heterocycles. The van der Waals surface area contributed by atoms with E-state index in [-0.39, 0.29) is 17.6 Å². The number of aliphatic hydroxyl groups excluding tert-OH is 1. The van der Waals surface area contributed by atoms with Crippen molar-refractivity contribution in [3.63, 3.8) is 0 Å². The van der Waals surface area contributed by atoms with E-state index in [1.165, 1.54) is 11.8 Å². The Morgan fingerprint density at radius 2 is 1.68 bits per heavy atom. The summed E-state index contributed by atoms with van der Waals surface area (Å²) in [5.74, 6) is 0. The zero-order valence-corrected chi connectivity index (χ0v) is 22.4. The number of thioether (sulfide) groups is 1. The van der Waals surface area contributed by atoms with Gasteiger partial charge in [0.15, 0.2) is 20.2 Å². The Hall–Kier alpha value is -1.12. The van der Waals surface area contributed by atoms with Gasteiger partial charge in [0.1, 0.15) is 0 Å². The molecule has 192 valence electrons. The first kappa shape index (κ1) is 29.1. The summed E-state index contributed by atoms with van der Waals surface area (Å²) in [7, 11) is -3.75. The van der Waals surface area contributed by atoms with Crippen LogP contribution in [-0.2, 0) is 19.3 Å². The van der Waals surface area contributed by atoms with Gasteiger partial charge in [-0.2, -0.15) is 0 Å². The quantitative estimate of drug-likeness (QED) is 0.196. The lowest BCUT2D eigenvalue weighted by atomic mass is 10.0. The maximum atomic E-state index is 13.7. The number of hydrogen-bond acceptors (Lipinski definition) is 6. The largest absolute Gasteiger partial charge is 0.391 e. The van der Waals surface area contributed by atoms with E-state index in [0.717, 1.165) is 51.4 Å². The van der Waals surface area contributed by atoms with Gasteiger partial charge in [-0.3, -0.25) is 0 Å². The maximum absolute atomic E-state index is 13.7. The molecule has 0 saturated carbocycles. The van der Waals surface area contributed by atoms with Gasteiger partial charge in [0.2, 0.25) is 0 Å². The van der Waals surface area contributed by atoms with Gasteiger partial charge in [0.05, 0.1) is 24.2 Å². The number of ether oxygens (including phenoxy) is 2. The van der Waals surface area contributed by atoms with Crippen molar-refractivity contribution in [3.05, 3.63) is 54.6 Å². The molecule has 1 aromatic rings. The van der Waals surface area contributed by atoms with Crippen molar-refractivity contribution in [2.24, 2.45) is 0 Å². The molecule has 2 atom stereocenters. The summed E-state index contributed by atoms with van der Waals surface area (Å²) in [4.78, 5) is 0.263. The first-order valence-electron chi connectivity index (χ1n) is 12.5. The molecule has 1 N–H and O–H groups in total. The Morgan fingerprint density at radius 1 is 1.03 bits per heavy atom. The molecule has 1 saturated heterocycles. The highest BCUT2D eigenvalue weighted by molar-refractivity contribution is 8.14. The Kier molecular flexibility index (Phi) is 13.5. The monoisotopic (exact) mass is 510 g/mol. The summed E-state index contributed by atoms with van der Waals surface area (Å²) in [6, 6.07) is 8.52. The second kappa shape index (κ2) is 15.8. The van der Waals surface area contributed by atoms with Crippen LogP contribution in [0.1, 0.15) is 71.1 Å². The lowest BCUT2D eigenvalue weighted by Crippen LogP contribution is -2.46. The van der Waals surface area contributed by atoms with Crippen molar-refractivity contribution in [3.8, 4) is 0 Å². The van der Waals surface area contributed by atoms with Crippen molar-refractivity contribution >= 4 is 21.6 Å². The number of hydrogen-bond donors (Lipinski definition) is 1. The molecule has 1 heterocycles. The number of allylic oxidation sites excluding steroid dienone is 4. The van der Waals surface area contributed by atoms with Crippen molar-refractivity contribution < 1.29 is 23.0 Å². The highest BCUT2D eigenvalue weighted by Gasteiger charge is 2.49. The molecule has 0 aliphatic carbocycles. The fourth-order valence-corrected chi connectivity index (χ4v) is 7.74. The van der Waals surface area contributed by atoms with Gasteiger partial charge in [-0.05, 0) is 56.9 Å². The SMILES string of the molecule is CC/C=C\C/C=C\CC(SC)(C(O)CCCCCCCC1OCCO1)S(=O)(=O)c1ccccc1. The molecule has 0 amide bonds. The summed E-state index contributed by atoms with van der Waals surface area (Å²) in [6.07, 6.45) is 17.2. The molecule has 1 aromatic carbocycles. The molecular formula is C27H42O5S2. The van der Waals surface area contributed by atoms with Gasteiger partial charge in [0.25, 0.3) is 0 Å². The Labute approximate surface area is 210 Å². The molecule has 34 heavy (non-hydrogen) atoms. The minimum absolute atomic E-state index is 0.0438. The van der Waals surface area contributed by atoms with Crippen molar-refractivity contribution in [2.45, 2.75) is 92.5 Å². The summed E-state index contributed by atoms with van der Waals surface area (Å²) >= 11 is 1.25. The third-order valence-electron chi connectivity index (χ3n) is 6.21. The maximum Gasteiger partial charge on any atom is 0.196 e. The zero-order chi connectivity index (χ0) is 24.7. The molecule has 1 fully saturated rings. The van der Waals surface area contributed by atoms with Crippen LogP contribution in [0.2, 0.25) is 0 Å². The van der Waals surface area contributed by atoms with E-state index < -0.39 is 20.0 Å². The van der Waals surface area contributed by atoms with Crippen LogP contribution in [0.3, 0.4) is 0 Å². The van der Waals surface area contributed by atoms with Crippen molar-refractivity contribution in [1.82, 2.24) is 0 Å². The van der Waals surface area contributed by atoms with E-state index in [4.69, 9.17) is 9.47 Å². The molecule has 7 heteroatoms. The summed E-state index contributed by atoms with van der Waals surface area (Å²) in [5, 5.41) is 11.3. The van der Waals surface area contributed by atoms with E-state index in [1.807, 2.05) is 12.2 Å². The standard InChI is InChI=1S/C27H42O5S2/c1-3-4-5-6-10-16-21-27(33-2,34(29,30)24-17-12-11-13-18-24)25(28)19-14-8-7-9-15-20-26-31-22-23-32-26/h4-5,10-13,16-18,25-26,28H,3,6-9,14-15,19-23H2,1-2H3/b5-4-,16-10-. The topological polar surface area (TPSA) is 72.8 Å². The molecular weight excluding hydrogens is 468 g/mol. The highest BCUT2D eigenvalue weighted by atomic mass is 32.3. The van der Waals surface area contributed by atoms with Crippen LogP contribution in [0.15, 0.2) is 59.5 Å². The van der Waals surface area contributed by atoms with E-state index in [1.54, 1.807) is 36.6 Å². The molecule has 2 unspecified atom stereocenters. The van der Waals surface area contributed by atoms with Crippen LogP contribution in [0, 0.1) is 0 Å². The smallest absolute Gasteiger partial charge is 0.196 e. The third-order valence-corrected chi connectivity index (χ3v) is 10.7. The van der Waals surface area contributed by atoms with Crippen LogP contribution in [0.25, 0.3) is 0 Å². The van der Waals surface area contributed by atoms with Crippen LogP contribution < -0.4 is 0 Å². The first-order chi connectivity index (χ1) is 16.5. The fourth-order valence-electron chi connectivity index (χ4n) is 4.21. The van der Waals surface area contributed by atoms with Gasteiger partial charge >= 0.3 is 0 Å². The predicted octanol–water partition coefficient (Wildman–Crippen LogP) is 6.29. The van der Waals surface area contributed by atoms with E-state index in [0.29, 0.717) is 19.6 Å². The Morgan fingerprint density at radius 3 is 2.35 bits per heavy atom. The van der Waals surface area contributed by atoms with Crippen molar-refractivity contribution in [2.75, 3.05) is 19.5 Å². The van der Waals surface area contributed by atoms with Gasteiger partial charge in [0, 0.05) is 0 Å². The third kappa shape index (κ3) is 8.52. The lowest BCUT2D eigenvalue weighted by Gasteiger charge is -2.35. The minimum Gasteiger partial charge on any atom is -0.391 e. The zero-order valence-electron chi connectivity index (χ0n) is 20.7. The van der Waals surface area contributed by atoms with Crippen LogP contribution >= 0.6 is 11.8 Å². The Bertz CT molecular complexity index is 832. The van der Waals surface area contributed by atoms with Crippen LogP contribution in [0.5, 0.6) is 0 Å². The van der Waals surface area contributed by atoms with E-state index in [9.17, 15) is 13.5 Å². The molecule has 0 bridgehead atoms. The molecule has 0 radical (unpaired) electrons. The van der Waals surface area contributed by atoms with Gasteiger partial charge in [-0.25, -0.2) is 8.42 Å². The molecule has 5 nitrogen and oxygen atoms in total. The number of sulfone groups is 1. The van der Waals surface area contributed by atoms with Gasteiger partial charge in [-0.15, -0.1) is 11.8 Å². The highest BCUT2D eigenvalue weighted by Crippen LogP contribution is 2.42. The predicted molar refractivity (Wildman–Crippen MR) is 142 cm³/mol. The molecule has 0 aromatic heterocycles. The van der Waals surface area contributed by atoms with Gasteiger partial charge in [-0.1, -0.05) is 75.1 Å². The second-order valence-electron chi connectivity index (χ2n) is 8.66. The number of rotatable bonds is 17. The second-order valence-corrected chi connectivity index (χ2v) is 12.3. The molecule has 2 rings (SSSR count). The average Bonchev–Trinajstić information content (AvgIpc) is 3.37. The summed E-state index contributed by atoms with van der Waals surface area (Å²) in [5.41, 5.74) is 0. The normalized spacial score (nSPS) is 18.1. The molecule has 1 aliphatic rings. The first-order valence-corrected chi connectivity index (χ1v) is 15.2. The fraction of sp³-hybridized carbons (Fsp3) is 0.630. The molecule has 0 spiro atoms. The average molecular weight is 511 g/mol. The van der Waals surface area contributed by atoms with Crippen LogP contribution in [-0.4, -0.2) is 49.5 Å². The summed E-state index contributed by atoms with van der Waals surface area (Å²) in [6.45, 7) is 3.47. The lowest BCUT2D eigenvalue weighted by molar-refractivity contribution is -0.0480. The van der Waals surface area contributed by atoms with E-state index in [2.05, 4.69) is 19.1 Å². The Balaban J connectivity index is 1.98. The van der Waals surface area contributed by atoms with Gasteiger partial charge < -0.3 is 14.6 Å². The van der Waals surface area contributed by atoms with Crippen molar-refractivity contribution in [1.29, 1.82) is 0 Å². The number of unbranched alkanes of at least 4 members (excludes halogenated alkanes) is 4. The number of benzene rings is 1.